The van der Waals surface area contributed by atoms with E-state index in [1.165, 1.54) is 0 Å². The van der Waals surface area contributed by atoms with Crippen molar-refractivity contribution in [1.29, 1.82) is 0 Å². The molecule has 1 aromatic carbocycles. The van der Waals surface area contributed by atoms with Crippen LogP contribution in [0.25, 0.3) is 0 Å². The third kappa shape index (κ3) is 2.38. The van der Waals surface area contributed by atoms with Crippen LogP contribution in [0.3, 0.4) is 0 Å². The SMILES string of the molecule is CCC1CC2(CCO1)C[C@H](O)c1cc(OC)ccc1O2. The maximum atomic E-state index is 10.5. The summed E-state index contributed by atoms with van der Waals surface area (Å²) >= 11 is 0. The van der Waals surface area contributed by atoms with Gasteiger partial charge in [0.15, 0.2) is 0 Å². The molecule has 4 nitrogen and oxygen atoms in total. The molecule has 0 saturated carbocycles. The van der Waals surface area contributed by atoms with Gasteiger partial charge in [0, 0.05) is 24.8 Å². The van der Waals surface area contributed by atoms with Crippen LogP contribution in [0.4, 0.5) is 0 Å². The molecule has 2 aliphatic heterocycles. The Balaban J connectivity index is 1.88. The number of benzene rings is 1. The Hall–Kier alpha value is -1.26. The molecule has 3 atom stereocenters. The van der Waals surface area contributed by atoms with Gasteiger partial charge in [-0.15, -0.1) is 0 Å². The average molecular weight is 278 g/mol. The first kappa shape index (κ1) is 13.7. The molecule has 0 aromatic heterocycles. The standard InChI is InChI=1S/C16H22O4/c1-3-11-9-16(6-7-19-11)10-14(17)13-8-12(18-2)4-5-15(13)20-16/h4-5,8,11,14,17H,3,6-7,9-10H2,1-2H3/t11?,14-,16?/m0/s1. The lowest BCUT2D eigenvalue weighted by Gasteiger charge is -2.45. The maximum absolute atomic E-state index is 10.5. The highest BCUT2D eigenvalue weighted by Crippen LogP contribution is 2.46. The summed E-state index contributed by atoms with van der Waals surface area (Å²) in [5.41, 5.74) is 0.550. The molecule has 1 fully saturated rings. The summed E-state index contributed by atoms with van der Waals surface area (Å²) < 4.78 is 17.2. The lowest BCUT2D eigenvalue weighted by molar-refractivity contribution is -0.116. The smallest absolute Gasteiger partial charge is 0.126 e. The quantitative estimate of drug-likeness (QED) is 0.903. The van der Waals surface area contributed by atoms with E-state index in [-0.39, 0.29) is 11.7 Å². The molecule has 3 rings (SSSR count). The number of hydrogen-bond acceptors (Lipinski definition) is 4. The predicted octanol–water partition coefficient (Wildman–Crippen LogP) is 2.84. The summed E-state index contributed by atoms with van der Waals surface area (Å²) in [5, 5.41) is 10.5. The van der Waals surface area contributed by atoms with E-state index in [2.05, 4.69) is 6.92 Å². The van der Waals surface area contributed by atoms with Gasteiger partial charge in [-0.3, -0.25) is 0 Å². The normalized spacial score (nSPS) is 32.5. The summed E-state index contributed by atoms with van der Waals surface area (Å²) in [5.74, 6) is 1.53. The maximum Gasteiger partial charge on any atom is 0.126 e. The molecule has 1 aromatic rings. The van der Waals surface area contributed by atoms with Crippen LogP contribution in [0.15, 0.2) is 18.2 Å². The summed E-state index contributed by atoms with van der Waals surface area (Å²) in [7, 11) is 1.63. The fraction of sp³-hybridized carbons (Fsp3) is 0.625. The van der Waals surface area contributed by atoms with E-state index in [0.717, 1.165) is 36.3 Å². The van der Waals surface area contributed by atoms with Gasteiger partial charge in [-0.25, -0.2) is 0 Å². The summed E-state index contributed by atoms with van der Waals surface area (Å²) in [6.45, 7) is 2.83. The fourth-order valence-corrected chi connectivity index (χ4v) is 3.27. The molecule has 0 radical (unpaired) electrons. The van der Waals surface area contributed by atoms with Gasteiger partial charge in [-0.1, -0.05) is 6.92 Å². The lowest BCUT2D eigenvalue weighted by atomic mass is 9.80. The number of hydrogen-bond donors (Lipinski definition) is 1. The largest absolute Gasteiger partial charge is 0.497 e. The summed E-state index contributed by atoms with van der Waals surface area (Å²) in [6, 6.07) is 5.64. The average Bonchev–Trinajstić information content (AvgIpc) is 2.47. The molecule has 2 heterocycles. The zero-order chi connectivity index (χ0) is 14.2. The third-order valence-corrected chi connectivity index (χ3v) is 4.43. The molecule has 1 saturated heterocycles. The molecule has 1 spiro atoms. The molecule has 2 unspecified atom stereocenters. The number of ether oxygens (including phenoxy) is 3. The second kappa shape index (κ2) is 5.26. The van der Waals surface area contributed by atoms with E-state index in [1.807, 2.05) is 18.2 Å². The monoisotopic (exact) mass is 278 g/mol. The highest BCUT2D eigenvalue weighted by atomic mass is 16.5. The number of aliphatic hydroxyl groups excluding tert-OH is 1. The van der Waals surface area contributed by atoms with Crippen molar-refractivity contribution in [3.05, 3.63) is 23.8 Å². The fourth-order valence-electron chi connectivity index (χ4n) is 3.27. The van der Waals surface area contributed by atoms with E-state index < -0.39 is 6.10 Å². The van der Waals surface area contributed by atoms with E-state index in [1.54, 1.807) is 7.11 Å². The molecule has 20 heavy (non-hydrogen) atoms. The molecule has 1 N–H and O–H groups in total. The third-order valence-electron chi connectivity index (χ3n) is 4.43. The van der Waals surface area contributed by atoms with Gasteiger partial charge >= 0.3 is 0 Å². The Kier molecular flexibility index (Phi) is 3.61. The predicted molar refractivity (Wildman–Crippen MR) is 75.2 cm³/mol. The highest BCUT2D eigenvalue weighted by Gasteiger charge is 2.44. The van der Waals surface area contributed by atoms with Gasteiger partial charge in [0.05, 0.1) is 25.9 Å². The number of methoxy groups -OCH3 is 1. The number of rotatable bonds is 2. The summed E-state index contributed by atoms with van der Waals surface area (Å²) in [6.07, 6.45) is 3.04. The number of fused-ring (bicyclic) bond motifs is 1. The van der Waals surface area contributed by atoms with Crippen LogP contribution in [0.2, 0.25) is 0 Å². The minimum atomic E-state index is -0.496. The van der Waals surface area contributed by atoms with Crippen LogP contribution in [-0.4, -0.2) is 30.5 Å². The van der Waals surface area contributed by atoms with Crippen molar-refractivity contribution in [2.75, 3.05) is 13.7 Å². The van der Waals surface area contributed by atoms with Crippen LogP contribution < -0.4 is 9.47 Å². The second-order valence-electron chi connectivity index (χ2n) is 5.76. The van der Waals surface area contributed by atoms with Crippen LogP contribution in [0.5, 0.6) is 11.5 Å². The van der Waals surface area contributed by atoms with E-state index in [9.17, 15) is 5.11 Å². The first-order valence-corrected chi connectivity index (χ1v) is 7.32. The second-order valence-corrected chi connectivity index (χ2v) is 5.76. The van der Waals surface area contributed by atoms with Crippen molar-refractivity contribution in [3.63, 3.8) is 0 Å². The van der Waals surface area contributed by atoms with Gasteiger partial charge in [0.2, 0.25) is 0 Å². The zero-order valence-electron chi connectivity index (χ0n) is 12.1. The Morgan fingerprint density at radius 3 is 3.00 bits per heavy atom. The first-order chi connectivity index (χ1) is 9.65. The van der Waals surface area contributed by atoms with Crippen molar-refractivity contribution in [1.82, 2.24) is 0 Å². The van der Waals surface area contributed by atoms with Crippen molar-refractivity contribution in [2.24, 2.45) is 0 Å². The van der Waals surface area contributed by atoms with E-state index >= 15 is 0 Å². The van der Waals surface area contributed by atoms with Crippen LogP contribution in [0.1, 0.15) is 44.3 Å². The van der Waals surface area contributed by atoms with Crippen molar-refractivity contribution < 1.29 is 19.3 Å². The van der Waals surface area contributed by atoms with Gasteiger partial charge in [-0.2, -0.15) is 0 Å². The molecule has 0 bridgehead atoms. The molecule has 0 amide bonds. The Labute approximate surface area is 119 Å². The minimum absolute atomic E-state index is 0.232. The van der Waals surface area contributed by atoms with Crippen molar-refractivity contribution in [3.8, 4) is 11.5 Å². The van der Waals surface area contributed by atoms with Gasteiger partial charge in [0.25, 0.3) is 0 Å². The van der Waals surface area contributed by atoms with Gasteiger partial charge < -0.3 is 19.3 Å². The number of aliphatic hydroxyl groups is 1. The minimum Gasteiger partial charge on any atom is -0.497 e. The zero-order valence-corrected chi connectivity index (χ0v) is 12.1. The van der Waals surface area contributed by atoms with E-state index in [0.29, 0.717) is 13.0 Å². The van der Waals surface area contributed by atoms with E-state index in [4.69, 9.17) is 14.2 Å². The summed E-state index contributed by atoms with van der Waals surface area (Å²) in [4.78, 5) is 0. The van der Waals surface area contributed by atoms with Crippen molar-refractivity contribution in [2.45, 2.75) is 50.4 Å². The van der Waals surface area contributed by atoms with Crippen LogP contribution in [0, 0.1) is 0 Å². The van der Waals surface area contributed by atoms with Gasteiger partial charge in [0.1, 0.15) is 17.1 Å². The molecule has 110 valence electrons. The first-order valence-electron chi connectivity index (χ1n) is 7.32. The molecule has 2 aliphatic rings. The van der Waals surface area contributed by atoms with Crippen molar-refractivity contribution >= 4 is 0 Å². The Morgan fingerprint density at radius 2 is 2.25 bits per heavy atom. The molecule has 4 heteroatoms. The van der Waals surface area contributed by atoms with Crippen LogP contribution in [-0.2, 0) is 4.74 Å². The topological polar surface area (TPSA) is 47.9 Å². The Bertz CT molecular complexity index is 487. The molecule has 0 aliphatic carbocycles. The van der Waals surface area contributed by atoms with Crippen LogP contribution >= 0.6 is 0 Å². The lowest BCUT2D eigenvalue weighted by Crippen LogP contribution is -2.48. The Morgan fingerprint density at radius 1 is 1.40 bits per heavy atom. The highest BCUT2D eigenvalue weighted by molar-refractivity contribution is 5.43. The van der Waals surface area contributed by atoms with Gasteiger partial charge in [-0.05, 0) is 24.6 Å². The molecular formula is C16H22O4. The molecular weight excluding hydrogens is 256 g/mol.